The van der Waals surface area contributed by atoms with Gasteiger partial charge < -0.3 is 10.2 Å². The Morgan fingerprint density at radius 1 is 1.10 bits per heavy atom. The minimum Gasteiger partial charge on any atom is -0.334 e. The molecule has 6 nitrogen and oxygen atoms in total. The van der Waals surface area contributed by atoms with Crippen LogP contribution in [0.25, 0.3) is 0 Å². The van der Waals surface area contributed by atoms with Crippen LogP contribution in [0.15, 0.2) is 47.4 Å². The average Bonchev–Trinajstić information content (AvgIpc) is 2.70. The van der Waals surface area contributed by atoms with Crippen molar-refractivity contribution in [2.75, 3.05) is 20.1 Å². The second kappa shape index (κ2) is 10.0. The van der Waals surface area contributed by atoms with Crippen LogP contribution in [-0.2, 0) is 23.1 Å². The number of carbonyl (C=O) groups excluding carboxylic acids is 1. The number of amides is 2. The van der Waals surface area contributed by atoms with Crippen molar-refractivity contribution in [2.24, 2.45) is 0 Å². The molecular weight excluding hydrogens is 417 g/mol. The molecule has 0 saturated carbocycles. The van der Waals surface area contributed by atoms with E-state index in [1.54, 1.807) is 32.0 Å². The second-order valence-electron chi connectivity index (χ2n) is 6.45. The molecule has 2 aromatic carbocycles. The monoisotopic (exact) mass is 441 g/mol. The fraction of sp³-hybridized carbons (Fsp3) is 0.350. The van der Waals surface area contributed by atoms with E-state index in [0.29, 0.717) is 13.1 Å². The average molecular weight is 442 g/mol. The van der Waals surface area contributed by atoms with E-state index in [0.717, 1.165) is 5.56 Å². The van der Waals surface area contributed by atoms with E-state index in [2.05, 4.69) is 5.32 Å². The molecule has 2 amide bonds. The van der Waals surface area contributed by atoms with Crippen molar-refractivity contribution in [3.05, 3.63) is 64.4 Å². The summed E-state index contributed by atoms with van der Waals surface area (Å²) in [4.78, 5) is 13.8. The molecule has 0 saturated heterocycles. The first kappa shape index (κ1) is 23.1. The van der Waals surface area contributed by atoms with Gasteiger partial charge in [-0.2, -0.15) is 4.31 Å². The Balaban J connectivity index is 1.98. The van der Waals surface area contributed by atoms with Crippen molar-refractivity contribution in [1.82, 2.24) is 14.5 Å². The quantitative estimate of drug-likeness (QED) is 0.676. The maximum atomic E-state index is 13.9. The molecule has 0 aliphatic carbocycles. The van der Waals surface area contributed by atoms with E-state index >= 15 is 0 Å². The zero-order valence-corrected chi connectivity index (χ0v) is 18.2. The number of carbonyl (C=O) groups is 1. The predicted molar refractivity (Wildman–Crippen MR) is 112 cm³/mol. The van der Waals surface area contributed by atoms with Gasteiger partial charge in [0.05, 0.1) is 11.4 Å². The number of benzene rings is 2. The first-order chi connectivity index (χ1) is 13.7. The van der Waals surface area contributed by atoms with Crippen molar-refractivity contribution in [1.29, 1.82) is 0 Å². The number of nitrogens with zero attached hydrogens (tertiary/aromatic N) is 2. The summed E-state index contributed by atoms with van der Waals surface area (Å²) in [6.45, 7) is 4.61. The number of hydrogen-bond acceptors (Lipinski definition) is 3. The number of urea groups is 1. The molecule has 0 spiro atoms. The summed E-state index contributed by atoms with van der Waals surface area (Å²) in [7, 11) is -1.98. The Hall–Kier alpha value is -2.16. The second-order valence-corrected chi connectivity index (χ2v) is 8.79. The zero-order chi connectivity index (χ0) is 21.6. The van der Waals surface area contributed by atoms with Gasteiger partial charge >= 0.3 is 6.03 Å². The summed E-state index contributed by atoms with van der Waals surface area (Å²) < 4.78 is 40.2. The SMILES string of the molecule is CCN(CC)S(=O)(=O)c1ccc(CNC(=O)N(C)Cc2c(F)cccc2Cl)cc1. The fourth-order valence-corrected chi connectivity index (χ4v) is 4.48. The lowest BCUT2D eigenvalue weighted by molar-refractivity contribution is 0.206. The third-order valence-corrected chi connectivity index (χ3v) is 6.93. The summed E-state index contributed by atoms with van der Waals surface area (Å²) in [5.41, 5.74) is 0.993. The van der Waals surface area contributed by atoms with Crippen LogP contribution in [0.2, 0.25) is 5.02 Å². The maximum absolute atomic E-state index is 13.9. The van der Waals surface area contributed by atoms with Crippen LogP contribution in [0, 0.1) is 5.82 Å². The van der Waals surface area contributed by atoms with Crippen LogP contribution in [-0.4, -0.2) is 43.8 Å². The van der Waals surface area contributed by atoms with E-state index in [-0.39, 0.29) is 28.6 Å². The lowest BCUT2D eigenvalue weighted by atomic mass is 10.2. The molecule has 2 rings (SSSR count). The van der Waals surface area contributed by atoms with E-state index in [9.17, 15) is 17.6 Å². The maximum Gasteiger partial charge on any atom is 0.317 e. The largest absolute Gasteiger partial charge is 0.334 e. The summed E-state index contributed by atoms with van der Waals surface area (Å²) >= 11 is 6.00. The molecule has 0 aliphatic heterocycles. The Kier molecular flexibility index (Phi) is 8.01. The highest BCUT2D eigenvalue weighted by molar-refractivity contribution is 7.89. The predicted octanol–water partition coefficient (Wildman–Crippen LogP) is 3.85. The highest BCUT2D eigenvalue weighted by Gasteiger charge is 2.21. The molecule has 0 aliphatic rings. The number of halogens is 2. The van der Waals surface area contributed by atoms with E-state index in [1.165, 1.54) is 40.5 Å². The van der Waals surface area contributed by atoms with Crippen LogP contribution >= 0.6 is 11.6 Å². The van der Waals surface area contributed by atoms with Gasteiger partial charge in [-0.05, 0) is 29.8 Å². The highest BCUT2D eigenvalue weighted by Crippen LogP contribution is 2.20. The molecule has 9 heteroatoms. The van der Waals surface area contributed by atoms with Crippen LogP contribution in [0.1, 0.15) is 25.0 Å². The molecule has 29 heavy (non-hydrogen) atoms. The highest BCUT2D eigenvalue weighted by atomic mass is 35.5. The third kappa shape index (κ3) is 5.68. The molecule has 0 aromatic heterocycles. The van der Waals surface area contributed by atoms with Crippen LogP contribution in [0.5, 0.6) is 0 Å². The van der Waals surface area contributed by atoms with E-state index < -0.39 is 21.9 Å². The lowest BCUT2D eigenvalue weighted by Gasteiger charge is -2.20. The van der Waals surface area contributed by atoms with Crippen LogP contribution < -0.4 is 5.32 Å². The topological polar surface area (TPSA) is 69.7 Å². The first-order valence-corrected chi connectivity index (χ1v) is 11.0. The molecule has 2 aromatic rings. The molecule has 0 atom stereocenters. The number of nitrogens with one attached hydrogen (secondary N) is 1. The summed E-state index contributed by atoms with van der Waals surface area (Å²) in [6.07, 6.45) is 0. The molecule has 158 valence electrons. The van der Waals surface area contributed by atoms with Gasteiger partial charge in [-0.25, -0.2) is 17.6 Å². The van der Waals surface area contributed by atoms with Gasteiger partial charge in [-0.1, -0.05) is 43.6 Å². The fourth-order valence-electron chi connectivity index (χ4n) is 2.80. The minimum atomic E-state index is -3.52. The molecule has 0 fully saturated rings. The Morgan fingerprint density at radius 2 is 1.72 bits per heavy atom. The first-order valence-electron chi connectivity index (χ1n) is 9.21. The lowest BCUT2D eigenvalue weighted by Crippen LogP contribution is -2.36. The van der Waals surface area contributed by atoms with Gasteiger partial charge in [-0.3, -0.25) is 0 Å². The number of rotatable bonds is 8. The van der Waals surface area contributed by atoms with Gasteiger partial charge in [0.2, 0.25) is 10.0 Å². The number of sulfonamides is 1. The van der Waals surface area contributed by atoms with Crippen molar-refractivity contribution >= 4 is 27.7 Å². The van der Waals surface area contributed by atoms with Crippen molar-refractivity contribution < 1.29 is 17.6 Å². The van der Waals surface area contributed by atoms with Crippen LogP contribution in [0.3, 0.4) is 0 Å². The van der Waals surface area contributed by atoms with Gasteiger partial charge in [0.15, 0.2) is 0 Å². The third-order valence-electron chi connectivity index (χ3n) is 4.51. The minimum absolute atomic E-state index is 0.0262. The Morgan fingerprint density at radius 3 is 2.28 bits per heavy atom. The normalized spacial score (nSPS) is 11.5. The Labute approximate surface area is 176 Å². The smallest absolute Gasteiger partial charge is 0.317 e. The molecule has 0 heterocycles. The van der Waals surface area contributed by atoms with Crippen molar-refractivity contribution in [3.8, 4) is 0 Å². The molecular formula is C20H25ClFN3O3S. The summed E-state index contributed by atoms with van der Waals surface area (Å²) in [6, 6.07) is 10.3. The van der Waals surface area contributed by atoms with Crippen molar-refractivity contribution in [2.45, 2.75) is 31.8 Å². The van der Waals surface area contributed by atoms with Gasteiger partial charge in [0.1, 0.15) is 5.82 Å². The molecule has 0 bridgehead atoms. The van der Waals surface area contributed by atoms with Crippen molar-refractivity contribution in [3.63, 3.8) is 0 Å². The van der Waals surface area contributed by atoms with Gasteiger partial charge in [0.25, 0.3) is 0 Å². The number of hydrogen-bond donors (Lipinski definition) is 1. The van der Waals surface area contributed by atoms with Crippen LogP contribution in [0.4, 0.5) is 9.18 Å². The summed E-state index contributed by atoms with van der Waals surface area (Å²) in [5, 5.41) is 2.98. The molecule has 0 unspecified atom stereocenters. The Bertz CT molecular complexity index is 928. The van der Waals surface area contributed by atoms with Gasteiger partial charge in [0, 0.05) is 37.3 Å². The standard InChI is InChI=1S/C20H25ClFN3O3S/c1-4-25(5-2)29(27,28)16-11-9-15(10-12-16)13-23-20(26)24(3)14-17-18(21)7-6-8-19(17)22/h6-12H,4-5,13-14H2,1-3H3,(H,23,26). The zero-order valence-electron chi connectivity index (χ0n) is 16.7. The summed E-state index contributed by atoms with van der Waals surface area (Å²) in [5.74, 6) is -0.470. The van der Waals surface area contributed by atoms with E-state index in [4.69, 9.17) is 11.6 Å². The van der Waals surface area contributed by atoms with Gasteiger partial charge in [-0.15, -0.1) is 0 Å². The van der Waals surface area contributed by atoms with E-state index in [1.807, 2.05) is 0 Å². The molecule has 0 radical (unpaired) electrons. The molecule has 1 N–H and O–H groups in total.